The van der Waals surface area contributed by atoms with Crippen LogP contribution in [0.1, 0.15) is 11.1 Å². The second-order valence-electron chi connectivity index (χ2n) is 5.71. The average molecular weight is 357 g/mol. The zero-order valence-corrected chi connectivity index (χ0v) is 14.8. The van der Waals surface area contributed by atoms with Gasteiger partial charge in [0.05, 0.1) is 12.7 Å². The van der Waals surface area contributed by atoms with Gasteiger partial charge in [-0.05, 0) is 30.7 Å². The summed E-state index contributed by atoms with van der Waals surface area (Å²) in [6, 6.07) is 12.5. The van der Waals surface area contributed by atoms with Crippen LogP contribution in [0.5, 0.6) is 5.75 Å². The highest BCUT2D eigenvalue weighted by Gasteiger charge is 2.37. The number of ether oxygens (including phenoxy) is 1. The molecule has 1 heterocycles. The van der Waals surface area contributed by atoms with Crippen molar-refractivity contribution in [3.63, 3.8) is 0 Å². The summed E-state index contributed by atoms with van der Waals surface area (Å²) in [5, 5.41) is 3.63. The molecular weight excluding hydrogens is 340 g/mol. The molecule has 5 nitrogen and oxygen atoms in total. The molecular formula is C19H17ClN2O3. The number of carbonyl (C=O) groups is 2. The average Bonchev–Trinajstić information content (AvgIpc) is 2.82. The monoisotopic (exact) mass is 356 g/mol. The van der Waals surface area contributed by atoms with Crippen LogP contribution in [0, 0.1) is 6.92 Å². The Bertz CT molecular complexity index is 905. The third kappa shape index (κ3) is 2.98. The van der Waals surface area contributed by atoms with Crippen molar-refractivity contribution in [3.8, 4) is 5.75 Å². The number of imide groups is 1. The summed E-state index contributed by atoms with van der Waals surface area (Å²) in [6.45, 7) is 1.89. The summed E-state index contributed by atoms with van der Waals surface area (Å²) < 4.78 is 5.34. The van der Waals surface area contributed by atoms with Gasteiger partial charge < -0.3 is 10.1 Å². The van der Waals surface area contributed by atoms with Crippen LogP contribution >= 0.6 is 11.6 Å². The van der Waals surface area contributed by atoms with Gasteiger partial charge in [-0.3, -0.25) is 14.5 Å². The van der Waals surface area contributed by atoms with Crippen molar-refractivity contribution < 1.29 is 14.3 Å². The van der Waals surface area contributed by atoms with Gasteiger partial charge in [0.15, 0.2) is 0 Å². The maximum atomic E-state index is 12.6. The van der Waals surface area contributed by atoms with E-state index in [2.05, 4.69) is 5.32 Å². The lowest BCUT2D eigenvalue weighted by molar-refractivity contribution is -0.135. The van der Waals surface area contributed by atoms with Gasteiger partial charge >= 0.3 is 0 Å². The van der Waals surface area contributed by atoms with Crippen LogP contribution in [0.3, 0.4) is 0 Å². The minimum atomic E-state index is -0.400. The molecule has 0 aliphatic carbocycles. The smallest absolute Gasteiger partial charge is 0.277 e. The van der Waals surface area contributed by atoms with Crippen molar-refractivity contribution in [1.29, 1.82) is 0 Å². The van der Waals surface area contributed by atoms with Gasteiger partial charge in [-0.25, -0.2) is 0 Å². The van der Waals surface area contributed by atoms with Crippen LogP contribution in [0.2, 0.25) is 5.02 Å². The third-order valence-corrected chi connectivity index (χ3v) is 4.51. The molecule has 0 saturated carbocycles. The molecule has 0 atom stereocenters. The Kier molecular flexibility index (Phi) is 4.51. The van der Waals surface area contributed by atoms with E-state index < -0.39 is 5.91 Å². The highest BCUT2D eigenvalue weighted by atomic mass is 35.5. The van der Waals surface area contributed by atoms with Gasteiger partial charge in [0.1, 0.15) is 11.4 Å². The van der Waals surface area contributed by atoms with Crippen molar-refractivity contribution in [2.75, 3.05) is 19.5 Å². The van der Waals surface area contributed by atoms with Gasteiger partial charge in [-0.2, -0.15) is 0 Å². The maximum Gasteiger partial charge on any atom is 0.277 e. The summed E-state index contributed by atoms with van der Waals surface area (Å²) in [6.07, 6.45) is 0. The van der Waals surface area contributed by atoms with E-state index in [1.165, 1.54) is 14.2 Å². The Morgan fingerprint density at radius 2 is 1.80 bits per heavy atom. The number of hydrogen-bond acceptors (Lipinski definition) is 4. The van der Waals surface area contributed by atoms with Gasteiger partial charge in [0, 0.05) is 23.3 Å². The van der Waals surface area contributed by atoms with E-state index in [1.807, 2.05) is 19.1 Å². The number of anilines is 1. The highest BCUT2D eigenvalue weighted by molar-refractivity contribution is 6.37. The van der Waals surface area contributed by atoms with E-state index in [9.17, 15) is 9.59 Å². The number of halogens is 1. The number of carbonyl (C=O) groups excluding carboxylic acids is 2. The quantitative estimate of drug-likeness (QED) is 0.852. The van der Waals surface area contributed by atoms with Crippen LogP contribution in [-0.2, 0) is 9.59 Å². The molecule has 1 aliphatic heterocycles. The van der Waals surface area contributed by atoms with Crippen LogP contribution in [0.15, 0.2) is 48.2 Å². The molecule has 128 valence electrons. The number of nitrogens with zero attached hydrogens (tertiary/aromatic N) is 1. The lowest BCUT2D eigenvalue weighted by Gasteiger charge is -2.11. The Balaban J connectivity index is 2.13. The fraction of sp³-hybridized carbons (Fsp3) is 0.158. The number of hydrogen-bond donors (Lipinski definition) is 1. The fourth-order valence-electron chi connectivity index (χ4n) is 2.67. The zero-order valence-electron chi connectivity index (χ0n) is 14.1. The molecule has 2 aromatic carbocycles. The Morgan fingerprint density at radius 3 is 2.48 bits per heavy atom. The normalized spacial score (nSPS) is 14.3. The summed E-state index contributed by atoms with van der Waals surface area (Å²) in [7, 11) is 2.98. The van der Waals surface area contributed by atoms with Crippen molar-refractivity contribution in [1.82, 2.24) is 4.90 Å². The topological polar surface area (TPSA) is 58.6 Å². The van der Waals surface area contributed by atoms with E-state index in [1.54, 1.807) is 30.3 Å². The van der Waals surface area contributed by atoms with Crippen molar-refractivity contribution in [3.05, 3.63) is 64.3 Å². The molecule has 0 unspecified atom stereocenters. The number of nitrogens with one attached hydrogen (secondary N) is 1. The summed E-state index contributed by atoms with van der Waals surface area (Å²) in [4.78, 5) is 26.3. The number of amides is 2. The minimum Gasteiger partial charge on any atom is -0.496 e. The van der Waals surface area contributed by atoms with E-state index >= 15 is 0 Å². The standard InChI is InChI=1S/C19H17ClN2O3/c1-11-8-9-12(10-14(11)20)21-17-16(18(23)22(2)19(17)24)13-6-4-5-7-15(13)25-3/h4-10,21H,1-3H3. The molecule has 25 heavy (non-hydrogen) atoms. The minimum absolute atomic E-state index is 0.205. The number of benzene rings is 2. The van der Waals surface area contributed by atoms with Crippen molar-refractivity contribution in [2.24, 2.45) is 0 Å². The largest absolute Gasteiger partial charge is 0.496 e. The molecule has 1 aliphatic rings. The first-order valence-corrected chi connectivity index (χ1v) is 8.05. The maximum absolute atomic E-state index is 12.6. The van der Waals surface area contributed by atoms with Crippen LogP contribution in [-0.4, -0.2) is 30.9 Å². The predicted octanol–water partition coefficient (Wildman–Crippen LogP) is 3.48. The first kappa shape index (κ1) is 17.0. The number of rotatable bonds is 4. The molecule has 3 rings (SSSR count). The van der Waals surface area contributed by atoms with Crippen molar-refractivity contribution >= 4 is 34.7 Å². The molecule has 0 radical (unpaired) electrons. The highest BCUT2D eigenvalue weighted by Crippen LogP contribution is 2.34. The molecule has 0 aromatic heterocycles. The molecule has 1 N–H and O–H groups in total. The van der Waals surface area contributed by atoms with Crippen LogP contribution in [0.4, 0.5) is 5.69 Å². The molecule has 2 amide bonds. The summed E-state index contributed by atoms with van der Waals surface area (Å²) in [5.74, 6) is -0.256. The molecule has 2 aromatic rings. The molecule has 0 bridgehead atoms. The lowest BCUT2D eigenvalue weighted by Crippen LogP contribution is -2.27. The Labute approximate surface area is 150 Å². The van der Waals surface area contributed by atoms with Crippen molar-refractivity contribution in [2.45, 2.75) is 6.92 Å². The first-order valence-electron chi connectivity index (χ1n) is 7.67. The van der Waals surface area contributed by atoms with Gasteiger partial charge in [0.25, 0.3) is 11.8 Å². The second-order valence-corrected chi connectivity index (χ2v) is 6.12. The van der Waals surface area contributed by atoms with E-state index in [0.29, 0.717) is 22.0 Å². The number of aryl methyl sites for hydroxylation is 1. The van der Waals surface area contributed by atoms with Crippen LogP contribution < -0.4 is 10.1 Å². The Hall–Kier alpha value is -2.79. The fourth-order valence-corrected chi connectivity index (χ4v) is 2.85. The van der Waals surface area contributed by atoms with Crippen LogP contribution in [0.25, 0.3) is 5.57 Å². The Morgan fingerprint density at radius 1 is 1.08 bits per heavy atom. The van der Waals surface area contributed by atoms with Gasteiger partial charge in [-0.15, -0.1) is 0 Å². The zero-order chi connectivity index (χ0) is 18.1. The SMILES string of the molecule is COc1ccccc1C1=C(Nc2ccc(C)c(Cl)c2)C(=O)N(C)C1=O. The second kappa shape index (κ2) is 6.61. The number of likely N-dealkylation sites (N-methyl/N-ethyl adjacent to an activating group) is 1. The molecule has 0 spiro atoms. The van der Waals surface area contributed by atoms with E-state index in [0.717, 1.165) is 10.5 Å². The third-order valence-electron chi connectivity index (χ3n) is 4.10. The van der Waals surface area contributed by atoms with E-state index in [-0.39, 0.29) is 17.2 Å². The first-order chi connectivity index (χ1) is 11.9. The number of methoxy groups -OCH3 is 1. The summed E-state index contributed by atoms with van der Waals surface area (Å²) in [5.41, 5.74) is 2.61. The van der Waals surface area contributed by atoms with Gasteiger partial charge in [-0.1, -0.05) is 35.9 Å². The summed E-state index contributed by atoms with van der Waals surface area (Å²) >= 11 is 6.16. The van der Waals surface area contributed by atoms with E-state index in [4.69, 9.17) is 16.3 Å². The molecule has 6 heteroatoms. The lowest BCUT2D eigenvalue weighted by atomic mass is 10.0. The molecule has 0 fully saturated rings. The van der Waals surface area contributed by atoms with Gasteiger partial charge in [0.2, 0.25) is 0 Å². The molecule has 0 saturated heterocycles. The predicted molar refractivity (Wildman–Crippen MR) is 97.5 cm³/mol. The number of para-hydroxylation sites is 1.